The molecule has 0 saturated carbocycles. The molecule has 0 aliphatic carbocycles. The molecule has 0 saturated heterocycles. The van der Waals surface area contributed by atoms with Crippen LogP contribution in [-0.4, -0.2) is 9.13 Å². The van der Waals surface area contributed by atoms with Gasteiger partial charge < -0.3 is 9.13 Å². The molecule has 0 N–H and O–H groups in total. The lowest BCUT2D eigenvalue weighted by atomic mass is 9.89. The molecule has 0 fully saturated rings. The van der Waals surface area contributed by atoms with Crippen molar-refractivity contribution in [3.05, 3.63) is 243 Å². The molecule has 0 bridgehead atoms. The van der Waals surface area contributed by atoms with Gasteiger partial charge in [-0.2, -0.15) is 0 Å². The van der Waals surface area contributed by atoms with Gasteiger partial charge in [-0.3, -0.25) is 0 Å². The summed E-state index contributed by atoms with van der Waals surface area (Å²) in [5.41, 5.74) is 17.0. The molecule has 11 aromatic carbocycles. The second-order valence-corrected chi connectivity index (χ2v) is 16.8. The summed E-state index contributed by atoms with van der Waals surface area (Å²) in [4.78, 5) is 0. The molecule has 2 nitrogen and oxygen atoms in total. The molecular formula is C62H40N2. The topological polar surface area (TPSA) is 9.86 Å². The van der Waals surface area contributed by atoms with Crippen LogP contribution in [0.15, 0.2) is 243 Å². The van der Waals surface area contributed by atoms with Gasteiger partial charge in [-0.15, -0.1) is 0 Å². The van der Waals surface area contributed by atoms with Gasteiger partial charge in [-0.1, -0.05) is 182 Å². The van der Waals surface area contributed by atoms with Gasteiger partial charge in [0.2, 0.25) is 0 Å². The third kappa shape index (κ3) is 5.66. The van der Waals surface area contributed by atoms with Gasteiger partial charge in [0.05, 0.1) is 22.1 Å². The van der Waals surface area contributed by atoms with Crippen LogP contribution in [0.25, 0.3) is 121 Å². The average Bonchev–Trinajstić information content (AvgIpc) is 3.88. The Morgan fingerprint density at radius 3 is 0.844 bits per heavy atom. The second kappa shape index (κ2) is 14.6. The minimum atomic E-state index is 1.17. The van der Waals surface area contributed by atoms with Crippen molar-refractivity contribution < 1.29 is 0 Å². The van der Waals surface area contributed by atoms with E-state index in [1.165, 1.54) is 121 Å². The van der Waals surface area contributed by atoms with E-state index >= 15 is 0 Å². The molecule has 2 heterocycles. The van der Waals surface area contributed by atoms with E-state index in [2.05, 4.69) is 252 Å². The smallest absolute Gasteiger partial charge is 0.0541 e. The van der Waals surface area contributed by atoms with Gasteiger partial charge in [-0.05, 0) is 127 Å². The highest BCUT2D eigenvalue weighted by Gasteiger charge is 2.18. The van der Waals surface area contributed by atoms with E-state index < -0.39 is 0 Å². The minimum absolute atomic E-state index is 1.17. The standard InChI is InChI=1S/C62H40N2/c1-3-15-45(16-4-1)63-59-25-13-11-23-55(59)57-39-43(31-37-61(57)63)49-35-33-47(51-19-7-9-21-53(49)51)41-27-29-42(30-28-41)48-34-36-50(54-22-10-8-20-52(48)54)44-32-38-62-58(40-44)56-24-12-14-26-60(56)64(62)46-17-5-2-6-18-46/h1-40H. The summed E-state index contributed by atoms with van der Waals surface area (Å²) >= 11 is 0. The van der Waals surface area contributed by atoms with Crippen LogP contribution in [0.5, 0.6) is 0 Å². The van der Waals surface area contributed by atoms with Crippen LogP contribution in [0, 0.1) is 0 Å². The van der Waals surface area contributed by atoms with E-state index in [4.69, 9.17) is 0 Å². The third-order valence-electron chi connectivity index (χ3n) is 13.4. The number of fused-ring (bicyclic) bond motifs is 8. The molecule has 0 aliphatic heterocycles. The normalized spacial score (nSPS) is 11.8. The quantitative estimate of drug-likeness (QED) is 0.158. The Hall–Kier alpha value is -8.46. The predicted octanol–water partition coefficient (Wildman–Crippen LogP) is 16.9. The SMILES string of the molecule is c1ccc(-n2c3ccccc3c3cc(-c4ccc(-c5ccc(-c6ccc(-c7ccc8c(c7)c7ccccc7n8-c7ccccc7)c7ccccc67)cc5)c5ccccc45)ccc32)cc1. The number of para-hydroxylation sites is 4. The van der Waals surface area contributed by atoms with Crippen molar-refractivity contribution in [2.24, 2.45) is 0 Å². The van der Waals surface area contributed by atoms with Gasteiger partial charge in [0.25, 0.3) is 0 Å². The maximum Gasteiger partial charge on any atom is 0.0541 e. The van der Waals surface area contributed by atoms with E-state index in [9.17, 15) is 0 Å². The van der Waals surface area contributed by atoms with Crippen molar-refractivity contribution in [2.45, 2.75) is 0 Å². The molecule has 0 amide bonds. The van der Waals surface area contributed by atoms with Gasteiger partial charge in [0.15, 0.2) is 0 Å². The lowest BCUT2D eigenvalue weighted by molar-refractivity contribution is 1.18. The fraction of sp³-hybridized carbons (Fsp3) is 0. The van der Waals surface area contributed by atoms with E-state index in [0.717, 1.165) is 0 Å². The Labute approximate surface area is 371 Å². The van der Waals surface area contributed by atoms with Gasteiger partial charge in [-0.25, -0.2) is 0 Å². The molecule has 13 rings (SSSR count). The largest absolute Gasteiger partial charge is 0.309 e. The molecule has 2 aromatic heterocycles. The highest BCUT2D eigenvalue weighted by atomic mass is 15.0. The summed E-state index contributed by atoms with van der Waals surface area (Å²) in [7, 11) is 0. The maximum atomic E-state index is 2.38. The summed E-state index contributed by atoms with van der Waals surface area (Å²) < 4.78 is 4.76. The van der Waals surface area contributed by atoms with Crippen LogP contribution in [0.2, 0.25) is 0 Å². The van der Waals surface area contributed by atoms with Crippen LogP contribution in [-0.2, 0) is 0 Å². The van der Waals surface area contributed by atoms with E-state index in [1.807, 2.05) is 0 Å². The van der Waals surface area contributed by atoms with Crippen molar-refractivity contribution >= 4 is 65.2 Å². The highest BCUT2D eigenvalue weighted by molar-refractivity contribution is 6.14. The number of rotatable bonds is 6. The Balaban J connectivity index is 0.869. The monoisotopic (exact) mass is 812 g/mol. The van der Waals surface area contributed by atoms with E-state index in [1.54, 1.807) is 0 Å². The first-order valence-corrected chi connectivity index (χ1v) is 22.1. The van der Waals surface area contributed by atoms with Crippen molar-refractivity contribution in [1.29, 1.82) is 0 Å². The molecule has 13 aromatic rings. The molecule has 298 valence electrons. The fourth-order valence-corrected chi connectivity index (χ4v) is 10.4. The number of hydrogen-bond donors (Lipinski definition) is 0. The first-order valence-electron chi connectivity index (χ1n) is 22.1. The van der Waals surface area contributed by atoms with Gasteiger partial charge in [0, 0.05) is 32.9 Å². The number of nitrogens with zero attached hydrogens (tertiary/aromatic N) is 2. The fourth-order valence-electron chi connectivity index (χ4n) is 10.4. The minimum Gasteiger partial charge on any atom is -0.309 e. The maximum absolute atomic E-state index is 2.38. The second-order valence-electron chi connectivity index (χ2n) is 16.8. The Bertz CT molecular complexity index is 3670. The lowest BCUT2D eigenvalue weighted by Gasteiger charge is -2.15. The zero-order chi connectivity index (χ0) is 42.1. The molecule has 0 aliphatic rings. The van der Waals surface area contributed by atoms with Crippen LogP contribution in [0.1, 0.15) is 0 Å². The van der Waals surface area contributed by atoms with Crippen molar-refractivity contribution in [1.82, 2.24) is 9.13 Å². The van der Waals surface area contributed by atoms with Crippen molar-refractivity contribution in [2.75, 3.05) is 0 Å². The lowest BCUT2D eigenvalue weighted by Crippen LogP contribution is -1.93. The first kappa shape index (κ1) is 36.2. The van der Waals surface area contributed by atoms with Crippen LogP contribution in [0.4, 0.5) is 0 Å². The van der Waals surface area contributed by atoms with Crippen LogP contribution < -0.4 is 0 Å². The van der Waals surface area contributed by atoms with E-state index in [0.29, 0.717) is 0 Å². The first-order chi connectivity index (χ1) is 31.8. The van der Waals surface area contributed by atoms with Gasteiger partial charge >= 0.3 is 0 Å². The number of aromatic nitrogens is 2. The number of benzene rings is 11. The zero-order valence-electron chi connectivity index (χ0n) is 35.0. The average molecular weight is 813 g/mol. The molecule has 0 unspecified atom stereocenters. The Kier molecular flexibility index (Phi) is 8.25. The van der Waals surface area contributed by atoms with Gasteiger partial charge in [0.1, 0.15) is 0 Å². The Morgan fingerprint density at radius 2 is 0.469 bits per heavy atom. The molecule has 0 spiro atoms. The molecule has 2 heteroatoms. The van der Waals surface area contributed by atoms with Crippen LogP contribution >= 0.6 is 0 Å². The zero-order valence-corrected chi connectivity index (χ0v) is 35.0. The highest BCUT2D eigenvalue weighted by Crippen LogP contribution is 2.42. The molecule has 64 heavy (non-hydrogen) atoms. The molecule has 0 radical (unpaired) electrons. The summed E-state index contributed by atoms with van der Waals surface area (Å²) in [6, 6.07) is 88.9. The van der Waals surface area contributed by atoms with E-state index in [-0.39, 0.29) is 0 Å². The summed E-state index contributed by atoms with van der Waals surface area (Å²) in [5.74, 6) is 0. The molecule has 0 atom stereocenters. The Morgan fingerprint density at radius 1 is 0.188 bits per heavy atom. The number of hydrogen-bond acceptors (Lipinski definition) is 0. The van der Waals surface area contributed by atoms with Crippen LogP contribution in [0.3, 0.4) is 0 Å². The van der Waals surface area contributed by atoms with Crippen molar-refractivity contribution in [3.8, 4) is 55.9 Å². The van der Waals surface area contributed by atoms with Crippen molar-refractivity contribution in [3.63, 3.8) is 0 Å². The molecular weight excluding hydrogens is 773 g/mol. The summed E-state index contributed by atoms with van der Waals surface area (Å²) in [6.07, 6.45) is 0. The summed E-state index contributed by atoms with van der Waals surface area (Å²) in [6.45, 7) is 0. The third-order valence-corrected chi connectivity index (χ3v) is 13.4. The summed E-state index contributed by atoms with van der Waals surface area (Å²) in [5, 5.41) is 10.0. The predicted molar refractivity (Wildman–Crippen MR) is 272 cm³/mol.